The number of methoxy groups -OCH3 is 1. The van der Waals surface area contributed by atoms with Crippen molar-refractivity contribution in [2.45, 2.75) is 12.5 Å². The minimum atomic E-state index is -0.466. The maximum absolute atomic E-state index is 12.2. The van der Waals surface area contributed by atoms with Crippen LogP contribution in [0.5, 0.6) is 0 Å². The number of amides is 1. The van der Waals surface area contributed by atoms with Crippen molar-refractivity contribution in [1.82, 2.24) is 4.90 Å². The van der Waals surface area contributed by atoms with Gasteiger partial charge in [0, 0.05) is 50.6 Å². The highest BCUT2D eigenvalue weighted by atomic mass is 35.5. The summed E-state index contributed by atoms with van der Waals surface area (Å²) in [6.45, 7) is 3.52. The van der Waals surface area contributed by atoms with Crippen LogP contribution in [0.25, 0.3) is 0 Å². The second-order valence-corrected chi connectivity index (χ2v) is 5.61. The van der Waals surface area contributed by atoms with Gasteiger partial charge in [-0.25, -0.2) is 0 Å². The quantitative estimate of drug-likeness (QED) is 0.892. The fourth-order valence-corrected chi connectivity index (χ4v) is 2.57. The Kier molecular flexibility index (Phi) is 5.85. The standard InChI is InChI=1S/C15H22ClN3O2/c1-21-11-6-14(17)15(20)19-9-7-18(8-10-19)13-4-2-12(16)3-5-13/h2-5,14H,6-11,17H2,1H3. The first-order valence-electron chi connectivity index (χ1n) is 7.15. The van der Waals surface area contributed by atoms with Gasteiger partial charge in [-0.05, 0) is 30.7 Å². The molecule has 1 aromatic carbocycles. The number of piperazine rings is 1. The first-order chi connectivity index (χ1) is 10.1. The molecule has 0 spiro atoms. The zero-order valence-corrected chi connectivity index (χ0v) is 13.1. The molecule has 1 amide bonds. The summed E-state index contributed by atoms with van der Waals surface area (Å²) in [7, 11) is 1.61. The molecule has 0 bridgehead atoms. The maximum atomic E-state index is 12.2. The van der Waals surface area contributed by atoms with Gasteiger partial charge >= 0.3 is 0 Å². The van der Waals surface area contributed by atoms with Crippen molar-refractivity contribution in [3.8, 4) is 0 Å². The van der Waals surface area contributed by atoms with E-state index in [1.807, 2.05) is 29.2 Å². The average molecular weight is 312 g/mol. The van der Waals surface area contributed by atoms with Crippen molar-refractivity contribution < 1.29 is 9.53 Å². The van der Waals surface area contributed by atoms with Crippen LogP contribution in [0.1, 0.15) is 6.42 Å². The predicted molar refractivity (Wildman–Crippen MR) is 84.7 cm³/mol. The number of ether oxygens (including phenoxy) is 1. The molecule has 2 N–H and O–H groups in total. The fourth-order valence-electron chi connectivity index (χ4n) is 2.44. The van der Waals surface area contributed by atoms with Crippen molar-refractivity contribution in [3.05, 3.63) is 29.3 Å². The van der Waals surface area contributed by atoms with Gasteiger partial charge in [0.1, 0.15) is 0 Å². The molecule has 0 aliphatic carbocycles. The molecule has 21 heavy (non-hydrogen) atoms. The number of hydrogen-bond acceptors (Lipinski definition) is 4. The number of nitrogens with zero attached hydrogens (tertiary/aromatic N) is 2. The summed E-state index contributed by atoms with van der Waals surface area (Å²) < 4.78 is 4.96. The Hall–Kier alpha value is -1.30. The van der Waals surface area contributed by atoms with E-state index in [9.17, 15) is 4.79 Å². The van der Waals surface area contributed by atoms with E-state index in [1.54, 1.807) is 7.11 Å². The molecule has 0 saturated carbocycles. The van der Waals surface area contributed by atoms with Crippen molar-refractivity contribution >= 4 is 23.2 Å². The highest BCUT2D eigenvalue weighted by Crippen LogP contribution is 2.19. The summed E-state index contributed by atoms with van der Waals surface area (Å²) in [6, 6.07) is 7.31. The van der Waals surface area contributed by atoms with Crippen LogP contribution < -0.4 is 10.6 Å². The molecule has 6 heteroatoms. The third kappa shape index (κ3) is 4.33. The van der Waals surface area contributed by atoms with Crippen LogP contribution in [-0.2, 0) is 9.53 Å². The lowest BCUT2D eigenvalue weighted by Crippen LogP contribution is -2.53. The van der Waals surface area contributed by atoms with E-state index in [2.05, 4.69) is 4.90 Å². The van der Waals surface area contributed by atoms with Gasteiger partial charge in [0.2, 0.25) is 5.91 Å². The molecule has 1 unspecified atom stereocenters. The molecule has 1 aromatic rings. The highest BCUT2D eigenvalue weighted by molar-refractivity contribution is 6.30. The lowest BCUT2D eigenvalue weighted by molar-refractivity contribution is -0.133. The second-order valence-electron chi connectivity index (χ2n) is 5.18. The smallest absolute Gasteiger partial charge is 0.239 e. The van der Waals surface area contributed by atoms with E-state index >= 15 is 0 Å². The van der Waals surface area contributed by atoms with E-state index in [0.29, 0.717) is 26.1 Å². The minimum absolute atomic E-state index is 0.0165. The van der Waals surface area contributed by atoms with Gasteiger partial charge in [-0.1, -0.05) is 11.6 Å². The normalized spacial score (nSPS) is 16.9. The van der Waals surface area contributed by atoms with Crippen molar-refractivity contribution in [3.63, 3.8) is 0 Å². The number of rotatable bonds is 5. The van der Waals surface area contributed by atoms with Crippen LogP contribution in [-0.4, -0.2) is 56.7 Å². The zero-order chi connectivity index (χ0) is 15.2. The Balaban J connectivity index is 1.85. The number of carbonyl (C=O) groups excluding carboxylic acids is 1. The van der Waals surface area contributed by atoms with E-state index in [1.165, 1.54) is 0 Å². The van der Waals surface area contributed by atoms with Crippen molar-refractivity contribution in [1.29, 1.82) is 0 Å². The van der Waals surface area contributed by atoms with E-state index in [-0.39, 0.29) is 5.91 Å². The topological polar surface area (TPSA) is 58.8 Å². The minimum Gasteiger partial charge on any atom is -0.385 e. The number of nitrogens with two attached hydrogens (primary N) is 1. The Labute approximate surface area is 130 Å². The average Bonchev–Trinajstić information content (AvgIpc) is 2.53. The van der Waals surface area contributed by atoms with Gasteiger partial charge in [-0.2, -0.15) is 0 Å². The van der Waals surface area contributed by atoms with Gasteiger partial charge in [-0.3, -0.25) is 4.79 Å². The monoisotopic (exact) mass is 311 g/mol. The molecule has 0 aromatic heterocycles. The van der Waals surface area contributed by atoms with Crippen LogP contribution in [0.15, 0.2) is 24.3 Å². The Morgan fingerprint density at radius 2 is 1.90 bits per heavy atom. The maximum Gasteiger partial charge on any atom is 0.239 e. The molecule has 1 atom stereocenters. The third-order valence-corrected chi connectivity index (χ3v) is 3.99. The van der Waals surface area contributed by atoms with Crippen LogP contribution in [0, 0.1) is 0 Å². The molecule has 5 nitrogen and oxygen atoms in total. The molecule has 1 aliphatic heterocycles. The Bertz CT molecular complexity index is 458. The molecule has 0 radical (unpaired) electrons. The lowest BCUT2D eigenvalue weighted by atomic mass is 10.1. The molecule has 116 valence electrons. The SMILES string of the molecule is COCCC(N)C(=O)N1CCN(c2ccc(Cl)cc2)CC1. The van der Waals surface area contributed by atoms with E-state index < -0.39 is 6.04 Å². The summed E-state index contributed by atoms with van der Waals surface area (Å²) >= 11 is 5.90. The van der Waals surface area contributed by atoms with Gasteiger partial charge < -0.3 is 20.3 Å². The number of carbonyl (C=O) groups is 1. The number of benzene rings is 1. The summed E-state index contributed by atoms with van der Waals surface area (Å²) in [5.74, 6) is 0.0165. The number of halogens is 1. The second kappa shape index (κ2) is 7.64. The number of hydrogen-bond donors (Lipinski definition) is 1. The van der Waals surface area contributed by atoms with E-state index in [4.69, 9.17) is 22.1 Å². The predicted octanol–water partition coefficient (Wildman–Crippen LogP) is 1.35. The van der Waals surface area contributed by atoms with Gasteiger partial charge in [0.05, 0.1) is 6.04 Å². The van der Waals surface area contributed by atoms with Crippen molar-refractivity contribution in [2.75, 3.05) is 44.8 Å². The molecule has 1 saturated heterocycles. The zero-order valence-electron chi connectivity index (χ0n) is 12.3. The van der Waals surface area contributed by atoms with Crippen LogP contribution in [0.3, 0.4) is 0 Å². The molecule has 1 aliphatic rings. The Morgan fingerprint density at radius 3 is 2.48 bits per heavy atom. The summed E-state index contributed by atoms with van der Waals surface area (Å²) in [6.07, 6.45) is 0.562. The molecular formula is C15H22ClN3O2. The van der Waals surface area contributed by atoms with Gasteiger partial charge in [-0.15, -0.1) is 0 Å². The third-order valence-electron chi connectivity index (χ3n) is 3.73. The van der Waals surface area contributed by atoms with Crippen LogP contribution in [0.4, 0.5) is 5.69 Å². The van der Waals surface area contributed by atoms with Crippen LogP contribution in [0.2, 0.25) is 5.02 Å². The fraction of sp³-hybridized carbons (Fsp3) is 0.533. The number of anilines is 1. The van der Waals surface area contributed by atoms with Gasteiger partial charge in [0.15, 0.2) is 0 Å². The Morgan fingerprint density at radius 1 is 1.29 bits per heavy atom. The lowest BCUT2D eigenvalue weighted by Gasteiger charge is -2.37. The first-order valence-corrected chi connectivity index (χ1v) is 7.53. The summed E-state index contributed by atoms with van der Waals surface area (Å²) in [5.41, 5.74) is 7.03. The first kappa shape index (κ1) is 16.1. The summed E-state index contributed by atoms with van der Waals surface area (Å²) in [4.78, 5) is 16.3. The molecule has 1 heterocycles. The molecule has 1 fully saturated rings. The molecule has 2 rings (SSSR count). The van der Waals surface area contributed by atoms with E-state index in [0.717, 1.165) is 23.8 Å². The highest BCUT2D eigenvalue weighted by Gasteiger charge is 2.25. The van der Waals surface area contributed by atoms with Crippen LogP contribution >= 0.6 is 11.6 Å². The largest absolute Gasteiger partial charge is 0.385 e. The van der Waals surface area contributed by atoms with Gasteiger partial charge in [0.25, 0.3) is 0 Å². The molecular weight excluding hydrogens is 290 g/mol. The van der Waals surface area contributed by atoms with Crippen molar-refractivity contribution in [2.24, 2.45) is 5.73 Å². The summed E-state index contributed by atoms with van der Waals surface area (Å²) in [5, 5.41) is 0.733.